The van der Waals surface area contributed by atoms with Crippen molar-refractivity contribution in [1.82, 2.24) is 0 Å². The molecule has 1 unspecified atom stereocenters. The summed E-state index contributed by atoms with van der Waals surface area (Å²) in [5.74, 6) is -0.898. The second kappa shape index (κ2) is 66.8. The molecule has 6 heteroatoms. The third kappa shape index (κ3) is 65.0. The van der Waals surface area contributed by atoms with Gasteiger partial charge in [-0.15, -0.1) is 0 Å². The van der Waals surface area contributed by atoms with Crippen LogP contribution >= 0.6 is 0 Å². The SMILES string of the molecule is CC/C=C\C/C=C\C/C=C\C/C=C\C/C=C\C/C=C\C/C=C\CCCCCCCC(=O)OCC(COC(=O)CCCCCCC/C=C\CCCCCCC)OC(=O)CCCCCCCCCCCCCCCCCCCCCC. The Kier molecular flexibility index (Phi) is 63.7. The van der Waals surface area contributed by atoms with E-state index >= 15 is 0 Å². The largest absolute Gasteiger partial charge is 0.462 e. The van der Waals surface area contributed by atoms with Gasteiger partial charge < -0.3 is 14.2 Å². The van der Waals surface area contributed by atoms with E-state index in [0.717, 1.165) is 128 Å². The molecule has 0 aliphatic heterocycles. The molecule has 0 spiro atoms. The fraction of sp³-hybridized carbons (Fsp3) is 0.740. The molecule has 79 heavy (non-hydrogen) atoms. The van der Waals surface area contributed by atoms with Crippen LogP contribution in [0.3, 0.4) is 0 Å². The molecule has 6 nitrogen and oxygen atoms in total. The highest BCUT2D eigenvalue weighted by atomic mass is 16.6. The molecule has 0 aliphatic carbocycles. The first-order valence-corrected chi connectivity index (χ1v) is 33.7. The number of allylic oxidation sites excluding steroid dienone is 16. The molecule has 454 valence electrons. The van der Waals surface area contributed by atoms with E-state index in [1.807, 2.05) is 0 Å². The Morgan fingerprint density at radius 3 is 0.785 bits per heavy atom. The molecule has 0 aromatic heterocycles. The number of esters is 3. The molecule has 0 aromatic carbocycles. The zero-order valence-electron chi connectivity index (χ0n) is 52.1. The number of unbranched alkanes of at least 4 members (excludes halogenated alkanes) is 34. The predicted octanol–water partition coefficient (Wildman–Crippen LogP) is 23.2. The summed E-state index contributed by atoms with van der Waals surface area (Å²) in [5, 5.41) is 0. The molecule has 0 radical (unpaired) electrons. The lowest BCUT2D eigenvalue weighted by atomic mass is 10.0. The maximum Gasteiger partial charge on any atom is 0.306 e. The van der Waals surface area contributed by atoms with Crippen molar-refractivity contribution in [3.63, 3.8) is 0 Å². The van der Waals surface area contributed by atoms with Crippen LogP contribution in [0.15, 0.2) is 97.2 Å². The topological polar surface area (TPSA) is 78.9 Å². The van der Waals surface area contributed by atoms with Crippen LogP contribution in [-0.2, 0) is 28.6 Å². The second-order valence-electron chi connectivity index (χ2n) is 22.4. The van der Waals surface area contributed by atoms with Crippen molar-refractivity contribution >= 4 is 17.9 Å². The molecule has 0 N–H and O–H groups in total. The number of hydrogen-bond acceptors (Lipinski definition) is 6. The molecule has 0 bridgehead atoms. The molecule has 1 atom stereocenters. The third-order valence-corrected chi connectivity index (χ3v) is 14.6. The maximum absolute atomic E-state index is 12.9. The maximum atomic E-state index is 12.9. The smallest absolute Gasteiger partial charge is 0.306 e. The summed E-state index contributed by atoms with van der Waals surface area (Å²) in [6.45, 7) is 6.53. The van der Waals surface area contributed by atoms with Crippen LogP contribution in [0.1, 0.15) is 329 Å². The van der Waals surface area contributed by atoms with Gasteiger partial charge in [0.05, 0.1) is 0 Å². The van der Waals surface area contributed by atoms with Crippen molar-refractivity contribution in [3.8, 4) is 0 Å². The van der Waals surface area contributed by atoms with E-state index in [4.69, 9.17) is 14.2 Å². The minimum atomic E-state index is -0.790. The Morgan fingerprint density at radius 2 is 0.494 bits per heavy atom. The zero-order chi connectivity index (χ0) is 57.1. The van der Waals surface area contributed by atoms with Gasteiger partial charge in [-0.05, 0) is 103 Å². The summed E-state index contributed by atoms with van der Waals surface area (Å²) in [7, 11) is 0. The summed E-state index contributed by atoms with van der Waals surface area (Å²) >= 11 is 0. The molecule has 0 aliphatic rings. The van der Waals surface area contributed by atoms with Crippen LogP contribution in [0.25, 0.3) is 0 Å². The molecule has 0 amide bonds. The van der Waals surface area contributed by atoms with Crippen molar-refractivity contribution in [2.75, 3.05) is 13.2 Å². The number of carbonyl (C=O) groups is 3. The number of carbonyl (C=O) groups excluding carboxylic acids is 3. The Morgan fingerprint density at radius 1 is 0.266 bits per heavy atom. The van der Waals surface area contributed by atoms with Gasteiger partial charge in [0.2, 0.25) is 0 Å². The van der Waals surface area contributed by atoms with Gasteiger partial charge in [0, 0.05) is 19.3 Å². The fourth-order valence-corrected chi connectivity index (χ4v) is 9.54. The average molecular weight is 1100 g/mol. The van der Waals surface area contributed by atoms with E-state index in [-0.39, 0.29) is 31.1 Å². The van der Waals surface area contributed by atoms with Crippen LogP contribution in [-0.4, -0.2) is 37.2 Å². The monoisotopic (exact) mass is 1100 g/mol. The van der Waals surface area contributed by atoms with Gasteiger partial charge >= 0.3 is 17.9 Å². The number of hydrogen-bond donors (Lipinski definition) is 0. The Labute approximate surface area is 489 Å². The Bertz CT molecular complexity index is 1540. The van der Waals surface area contributed by atoms with Crippen LogP contribution in [0.2, 0.25) is 0 Å². The standard InChI is InChI=1S/C73H126O6/c1-4-7-10-13-16-19-22-25-28-30-32-34-35-36-37-38-39-40-42-43-45-48-51-54-57-60-63-66-72(75)78-69-70(68-77-71(74)65-62-59-56-53-50-47-27-24-21-18-15-12-9-6-3)79-73(76)67-64-61-58-55-52-49-46-44-41-33-31-29-26-23-20-17-14-11-8-5-2/h7,10,16,19,24-25,27-28,32,34,36-37,39-40,43,45,70H,4-6,8-9,11-15,17-18,20-23,26,29-31,33,35,38,41-42,44,46-69H2,1-3H3/b10-7-,19-16-,27-24-,28-25-,34-32-,37-36-,40-39-,45-43-. The predicted molar refractivity (Wildman–Crippen MR) is 344 cm³/mol. The molecule has 0 fully saturated rings. The molecule has 0 saturated heterocycles. The molecule has 0 aromatic rings. The number of ether oxygens (including phenoxy) is 3. The van der Waals surface area contributed by atoms with Crippen molar-refractivity contribution in [2.45, 2.75) is 335 Å². The Hall–Kier alpha value is -3.67. The fourth-order valence-electron chi connectivity index (χ4n) is 9.54. The van der Waals surface area contributed by atoms with Crippen molar-refractivity contribution in [1.29, 1.82) is 0 Å². The minimum Gasteiger partial charge on any atom is -0.462 e. The van der Waals surface area contributed by atoms with Gasteiger partial charge in [-0.3, -0.25) is 14.4 Å². The summed E-state index contributed by atoms with van der Waals surface area (Å²) in [5.41, 5.74) is 0. The van der Waals surface area contributed by atoms with Gasteiger partial charge in [0.1, 0.15) is 13.2 Å². The third-order valence-electron chi connectivity index (χ3n) is 14.6. The highest BCUT2D eigenvalue weighted by Gasteiger charge is 2.19. The van der Waals surface area contributed by atoms with E-state index < -0.39 is 6.10 Å². The van der Waals surface area contributed by atoms with Gasteiger partial charge in [0.15, 0.2) is 6.10 Å². The number of rotatable bonds is 61. The molecule has 0 heterocycles. The minimum absolute atomic E-state index is 0.0854. The van der Waals surface area contributed by atoms with Gasteiger partial charge in [-0.1, -0.05) is 304 Å². The van der Waals surface area contributed by atoms with Gasteiger partial charge in [-0.2, -0.15) is 0 Å². The van der Waals surface area contributed by atoms with E-state index in [1.165, 1.54) is 161 Å². The van der Waals surface area contributed by atoms with Crippen LogP contribution < -0.4 is 0 Å². The molecule has 0 saturated carbocycles. The van der Waals surface area contributed by atoms with E-state index in [2.05, 4.69) is 118 Å². The highest BCUT2D eigenvalue weighted by molar-refractivity contribution is 5.71. The molecular weight excluding hydrogens is 973 g/mol. The van der Waals surface area contributed by atoms with Crippen molar-refractivity contribution < 1.29 is 28.6 Å². The highest BCUT2D eigenvalue weighted by Crippen LogP contribution is 2.17. The van der Waals surface area contributed by atoms with Crippen LogP contribution in [0.5, 0.6) is 0 Å². The van der Waals surface area contributed by atoms with E-state index in [0.29, 0.717) is 19.3 Å². The quantitative estimate of drug-likeness (QED) is 0.0261. The van der Waals surface area contributed by atoms with E-state index in [1.54, 1.807) is 0 Å². The Balaban J connectivity index is 4.37. The van der Waals surface area contributed by atoms with E-state index in [9.17, 15) is 14.4 Å². The van der Waals surface area contributed by atoms with Gasteiger partial charge in [0.25, 0.3) is 0 Å². The molecule has 0 rings (SSSR count). The van der Waals surface area contributed by atoms with Crippen molar-refractivity contribution in [2.24, 2.45) is 0 Å². The summed E-state index contributed by atoms with van der Waals surface area (Å²) in [4.78, 5) is 38.4. The zero-order valence-corrected chi connectivity index (χ0v) is 52.1. The molecular formula is C73H126O6. The first kappa shape index (κ1) is 75.3. The first-order valence-electron chi connectivity index (χ1n) is 33.7. The van der Waals surface area contributed by atoms with Gasteiger partial charge in [-0.25, -0.2) is 0 Å². The van der Waals surface area contributed by atoms with Crippen LogP contribution in [0, 0.1) is 0 Å². The average Bonchev–Trinajstić information content (AvgIpc) is 3.45. The van der Waals surface area contributed by atoms with Crippen molar-refractivity contribution in [3.05, 3.63) is 97.2 Å². The summed E-state index contributed by atoms with van der Waals surface area (Å²) in [6.07, 6.45) is 89.9. The normalized spacial score (nSPS) is 12.7. The lowest BCUT2D eigenvalue weighted by Gasteiger charge is -2.18. The summed E-state index contributed by atoms with van der Waals surface area (Å²) in [6, 6.07) is 0. The van der Waals surface area contributed by atoms with Crippen LogP contribution in [0.4, 0.5) is 0 Å². The summed E-state index contributed by atoms with van der Waals surface area (Å²) < 4.78 is 16.9. The lowest BCUT2D eigenvalue weighted by Crippen LogP contribution is -2.30. The lowest BCUT2D eigenvalue weighted by molar-refractivity contribution is -0.167. The second-order valence-corrected chi connectivity index (χ2v) is 22.4. The first-order chi connectivity index (χ1) is 39.0.